The number of H-pyrrole nitrogens is 1. The predicted octanol–water partition coefficient (Wildman–Crippen LogP) is 1.83. The molecule has 1 aliphatic rings. The Morgan fingerprint density at radius 3 is 2.38 bits per heavy atom. The van der Waals surface area contributed by atoms with E-state index in [1.165, 1.54) is 7.11 Å². The Kier molecular flexibility index (Phi) is 5.64. The number of methoxy groups -OCH3 is 1. The number of piperidine rings is 1. The van der Waals surface area contributed by atoms with Crippen LogP contribution in [0.1, 0.15) is 51.9 Å². The third-order valence-electron chi connectivity index (χ3n) is 4.45. The van der Waals surface area contributed by atoms with Gasteiger partial charge in [0.2, 0.25) is 0 Å². The number of ether oxygens (including phenoxy) is 2. The smallest absolute Gasteiger partial charge is 0.355 e. The van der Waals surface area contributed by atoms with Crippen LogP contribution in [0.3, 0.4) is 0 Å². The second-order valence-electron chi connectivity index (χ2n) is 5.94. The van der Waals surface area contributed by atoms with E-state index in [9.17, 15) is 14.4 Å². The largest absolute Gasteiger partial charge is 0.469 e. The number of aromatic amines is 1. The molecule has 24 heavy (non-hydrogen) atoms. The molecule has 0 aromatic carbocycles. The van der Waals surface area contributed by atoms with Gasteiger partial charge in [-0.1, -0.05) is 0 Å². The molecule has 2 heterocycles. The highest BCUT2D eigenvalue weighted by Gasteiger charge is 2.31. The molecular weight excluding hydrogens is 312 g/mol. The first-order chi connectivity index (χ1) is 11.4. The van der Waals surface area contributed by atoms with Gasteiger partial charge in [0.25, 0.3) is 5.91 Å². The van der Waals surface area contributed by atoms with Crippen LogP contribution in [0, 0.1) is 19.8 Å². The van der Waals surface area contributed by atoms with E-state index in [2.05, 4.69) is 4.98 Å². The summed E-state index contributed by atoms with van der Waals surface area (Å²) in [5.74, 6) is -0.954. The highest BCUT2D eigenvalue weighted by atomic mass is 16.5. The summed E-state index contributed by atoms with van der Waals surface area (Å²) in [4.78, 5) is 41.0. The monoisotopic (exact) mass is 336 g/mol. The van der Waals surface area contributed by atoms with Crippen molar-refractivity contribution in [2.75, 3.05) is 26.8 Å². The van der Waals surface area contributed by atoms with Gasteiger partial charge in [-0.05, 0) is 39.2 Å². The summed E-state index contributed by atoms with van der Waals surface area (Å²) in [6.45, 7) is 6.52. The Morgan fingerprint density at radius 1 is 1.21 bits per heavy atom. The number of aromatic nitrogens is 1. The highest BCUT2D eigenvalue weighted by molar-refractivity contribution is 6.01. The zero-order valence-corrected chi connectivity index (χ0v) is 14.6. The van der Waals surface area contributed by atoms with Crippen molar-refractivity contribution >= 4 is 17.8 Å². The van der Waals surface area contributed by atoms with Crippen LogP contribution in [0.15, 0.2) is 0 Å². The van der Waals surface area contributed by atoms with E-state index in [-0.39, 0.29) is 24.4 Å². The van der Waals surface area contributed by atoms with Crippen molar-refractivity contribution in [3.05, 3.63) is 22.5 Å². The lowest BCUT2D eigenvalue weighted by molar-refractivity contribution is -0.146. The van der Waals surface area contributed by atoms with E-state index in [1.54, 1.807) is 25.7 Å². The normalized spacial score (nSPS) is 15.2. The molecule has 1 N–H and O–H groups in total. The standard InChI is InChI=1S/C17H24N2O5/c1-5-24-17(22)14-10(2)13(11(3)18-14)15(20)19-8-6-12(7-9-19)16(21)23-4/h12,18H,5-9H2,1-4H3. The number of carbonyl (C=O) groups is 3. The first kappa shape index (κ1) is 18.0. The van der Waals surface area contributed by atoms with Gasteiger partial charge in [-0.2, -0.15) is 0 Å². The van der Waals surface area contributed by atoms with Crippen LogP contribution in [0.25, 0.3) is 0 Å². The fourth-order valence-corrected chi connectivity index (χ4v) is 3.12. The molecule has 0 atom stereocenters. The van der Waals surface area contributed by atoms with E-state index in [4.69, 9.17) is 9.47 Å². The van der Waals surface area contributed by atoms with Crippen molar-refractivity contribution in [1.82, 2.24) is 9.88 Å². The maximum Gasteiger partial charge on any atom is 0.355 e. The summed E-state index contributed by atoms with van der Waals surface area (Å²) in [7, 11) is 1.38. The zero-order valence-electron chi connectivity index (χ0n) is 14.6. The molecule has 0 radical (unpaired) electrons. The van der Waals surface area contributed by atoms with Crippen LogP contribution in [-0.4, -0.2) is 54.5 Å². The molecule has 1 aromatic heterocycles. The minimum absolute atomic E-state index is 0.125. The number of nitrogens with one attached hydrogen (secondary N) is 1. The average Bonchev–Trinajstić information content (AvgIpc) is 2.88. The maximum atomic E-state index is 12.8. The average molecular weight is 336 g/mol. The minimum atomic E-state index is -0.457. The number of hydrogen-bond acceptors (Lipinski definition) is 5. The number of rotatable bonds is 4. The van der Waals surface area contributed by atoms with Gasteiger partial charge in [-0.3, -0.25) is 9.59 Å². The quantitative estimate of drug-likeness (QED) is 0.848. The lowest BCUT2D eigenvalue weighted by Gasteiger charge is -2.31. The molecule has 0 unspecified atom stereocenters. The van der Waals surface area contributed by atoms with Crippen LogP contribution in [0.4, 0.5) is 0 Å². The third kappa shape index (κ3) is 3.44. The Morgan fingerprint density at radius 2 is 1.83 bits per heavy atom. The molecule has 1 amide bonds. The van der Waals surface area contributed by atoms with Gasteiger partial charge in [-0.15, -0.1) is 0 Å². The van der Waals surface area contributed by atoms with Gasteiger partial charge in [0.1, 0.15) is 5.69 Å². The first-order valence-electron chi connectivity index (χ1n) is 8.14. The topological polar surface area (TPSA) is 88.7 Å². The Balaban J connectivity index is 2.14. The van der Waals surface area contributed by atoms with Gasteiger partial charge in [0.15, 0.2) is 0 Å². The van der Waals surface area contributed by atoms with E-state index < -0.39 is 5.97 Å². The summed E-state index contributed by atoms with van der Waals surface area (Å²) in [5, 5.41) is 0. The van der Waals surface area contributed by atoms with Crippen molar-refractivity contribution < 1.29 is 23.9 Å². The third-order valence-corrected chi connectivity index (χ3v) is 4.45. The Hall–Kier alpha value is -2.31. The summed E-state index contributed by atoms with van der Waals surface area (Å²) in [5.41, 5.74) is 2.08. The summed E-state index contributed by atoms with van der Waals surface area (Å²) in [6, 6.07) is 0. The Bertz CT molecular complexity index is 642. The molecule has 0 aliphatic carbocycles. The van der Waals surface area contributed by atoms with Gasteiger partial charge >= 0.3 is 11.9 Å². The molecule has 7 heteroatoms. The number of likely N-dealkylation sites (tertiary alicyclic amines) is 1. The molecular formula is C17H24N2O5. The minimum Gasteiger partial charge on any atom is -0.469 e. The van der Waals surface area contributed by atoms with Gasteiger partial charge < -0.3 is 19.4 Å². The number of nitrogens with zero attached hydrogens (tertiary/aromatic N) is 1. The molecule has 132 valence electrons. The summed E-state index contributed by atoms with van der Waals surface area (Å²) < 4.78 is 9.77. The molecule has 7 nitrogen and oxygen atoms in total. The molecule has 1 fully saturated rings. The molecule has 0 spiro atoms. The second kappa shape index (κ2) is 7.51. The molecule has 1 aromatic rings. The lowest BCUT2D eigenvalue weighted by atomic mass is 9.96. The molecule has 1 saturated heterocycles. The number of hydrogen-bond donors (Lipinski definition) is 1. The van der Waals surface area contributed by atoms with Crippen LogP contribution in [-0.2, 0) is 14.3 Å². The number of amides is 1. The first-order valence-corrected chi connectivity index (χ1v) is 8.14. The maximum absolute atomic E-state index is 12.8. The van der Waals surface area contributed by atoms with E-state index in [0.29, 0.717) is 48.4 Å². The van der Waals surface area contributed by atoms with Crippen molar-refractivity contribution in [3.8, 4) is 0 Å². The van der Waals surface area contributed by atoms with Crippen LogP contribution < -0.4 is 0 Å². The van der Waals surface area contributed by atoms with E-state index in [0.717, 1.165) is 0 Å². The predicted molar refractivity (Wildman–Crippen MR) is 86.9 cm³/mol. The summed E-state index contributed by atoms with van der Waals surface area (Å²) in [6.07, 6.45) is 1.18. The van der Waals surface area contributed by atoms with Crippen LogP contribution in [0.5, 0.6) is 0 Å². The van der Waals surface area contributed by atoms with Crippen molar-refractivity contribution in [1.29, 1.82) is 0 Å². The van der Waals surface area contributed by atoms with Crippen LogP contribution in [0.2, 0.25) is 0 Å². The fraction of sp³-hybridized carbons (Fsp3) is 0.588. The summed E-state index contributed by atoms with van der Waals surface area (Å²) >= 11 is 0. The number of esters is 2. The van der Waals surface area contributed by atoms with Gasteiger partial charge in [0.05, 0.1) is 25.2 Å². The number of carbonyl (C=O) groups excluding carboxylic acids is 3. The molecule has 2 rings (SSSR count). The van der Waals surface area contributed by atoms with Crippen molar-refractivity contribution in [2.24, 2.45) is 5.92 Å². The van der Waals surface area contributed by atoms with Crippen molar-refractivity contribution in [3.63, 3.8) is 0 Å². The molecule has 0 saturated carbocycles. The second-order valence-corrected chi connectivity index (χ2v) is 5.94. The van der Waals surface area contributed by atoms with Gasteiger partial charge in [0, 0.05) is 18.8 Å². The lowest BCUT2D eigenvalue weighted by Crippen LogP contribution is -2.40. The highest BCUT2D eigenvalue weighted by Crippen LogP contribution is 2.24. The molecule has 1 aliphatic heterocycles. The fourth-order valence-electron chi connectivity index (χ4n) is 3.12. The van der Waals surface area contributed by atoms with Gasteiger partial charge in [-0.25, -0.2) is 4.79 Å². The molecule has 0 bridgehead atoms. The van der Waals surface area contributed by atoms with Crippen molar-refractivity contribution in [2.45, 2.75) is 33.6 Å². The Labute approximate surface area is 141 Å². The number of aryl methyl sites for hydroxylation is 1. The van der Waals surface area contributed by atoms with Crippen LogP contribution >= 0.6 is 0 Å². The SMILES string of the molecule is CCOC(=O)c1[nH]c(C)c(C(=O)N2CCC(C(=O)OC)CC2)c1C. The van der Waals surface area contributed by atoms with E-state index >= 15 is 0 Å². The van der Waals surface area contributed by atoms with E-state index in [1.807, 2.05) is 0 Å². The zero-order chi connectivity index (χ0) is 17.9.